The van der Waals surface area contributed by atoms with Crippen LogP contribution in [0.1, 0.15) is 77.0 Å². The highest BCUT2D eigenvalue weighted by Crippen LogP contribution is 2.74. The van der Waals surface area contributed by atoms with Crippen LogP contribution < -0.4 is 5.73 Å². The first-order valence-electron chi connectivity index (χ1n) is 13.6. The quantitative estimate of drug-likeness (QED) is 0.204. The number of aliphatic hydroxyl groups excluding tert-OH is 1. The van der Waals surface area contributed by atoms with Gasteiger partial charge in [-0.3, -0.25) is 9.05 Å². The van der Waals surface area contributed by atoms with Gasteiger partial charge in [-0.05, 0) is 73.5 Å². The van der Waals surface area contributed by atoms with Gasteiger partial charge in [0.1, 0.15) is 6.10 Å². The maximum absolute atomic E-state index is 11.6. The van der Waals surface area contributed by atoms with Gasteiger partial charge in [0, 0.05) is 13.2 Å². The van der Waals surface area contributed by atoms with Gasteiger partial charge in [0.25, 0.3) is 0 Å². The average Bonchev–Trinajstić information content (AvgIpc) is 2.79. The maximum atomic E-state index is 11.6. The summed E-state index contributed by atoms with van der Waals surface area (Å²) < 4.78 is 26.7. The summed E-state index contributed by atoms with van der Waals surface area (Å²) in [5.74, 6) is 7.91. The van der Waals surface area contributed by atoms with Crippen molar-refractivity contribution in [3.8, 4) is 0 Å². The van der Waals surface area contributed by atoms with E-state index in [1.54, 1.807) is 19.3 Å². The maximum Gasteiger partial charge on any atom is 0.472 e. The number of fused-ring (bicyclic) bond motifs is 7. The summed E-state index contributed by atoms with van der Waals surface area (Å²) in [6.07, 6.45) is 15.8. The van der Waals surface area contributed by atoms with Gasteiger partial charge < -0.3 is 20.5 Å². The lowest BCUT2D eigenvalue weighted by Gasteiger charge is -2.74. The Morgan fingerprint density at radius 2 is 1.48 bits per heavy atom. The highest BCUT2D eigenvalue weighted by Gasteiger charge is 2.68. The molecular formula is C25H46NO6P. The number of unbranched alkanes of at least 4 members (excludes halogenated alkanes) is 5. The van der Waals surface area contributed by atoms with Crippen LogP contribution in [0, 0.1) is 41.4 Å². The lowest BCUT2D eigenvalue weighted by Crippen LogP contribution is -2.69. The smallest absolute Gasteiger partial charge is 0.394 e. The number of phosphoric ester groups is 1. The van der Waals surface area contributed by atoms with Crippen molar-refractivity contribution in [1.82, 2.24) is 0 Å². The number of rotatable bonds is 17. The van der Waals surface area contributed by atoms with Crippen LogP contribution in [-0.2, 0) is 18.3 Å². The number of ether oxygens (including phenoxy) is 1. The van der Waals surface area contributed by atoms with Gasteiger partial charge in [-0.15, -0.1) is 0 Å². The Kier molecular flexibility index (Phi) is 9.71. The Balaban J connectivity index is 0.959. The van der Waals surface area contributed by atoms with E-state index in [0.717, 1.165) is 42.4 Å². The fourth-order valence-corrected chi connectivity index (χ4v) is 8.29. The molecule has 0 amide bonds. The van der Waals surface area contributed by atoms with Gasteiger partial charge >= 0.3 is 7.82 Å². The van der Waals surface area contributed by atoms with E-state index in [1.807, 2.05) is 0 Å². The van der Waals surface area contributed by atoms with Gasteiger partial charge in [0.2, 0.25) is 0 Å². The second-order valence-electron chi connectivity index (χ2n) is 11.0. The van der Waals surface area contributed by atoms with E-state index in [-0.39, 0.29) is 26.4 Å². The Bertz CT molecular complexity index is 644. The Labute approximate surface area is 199 Å². The van der Waals surface area contributed by atoms with E-state index >= 15 is 0 Å². The Morgan fingerprint density at radius 1 is 0.848 bits per heavy atom. The minimum absolute atomic E-state index is 0.0538. The molecule has 0 aromatic carbocycles. The third kappa shape index (κ3) is 6.41. The lowest BCUT2D eigenvalue weighted by atomic mass is 9.30. The van der Waals surface area contributed by atoms with Crippen molar-refractivity contribution in [3.05, 3.63) is 0 Å². The molecule has 4 fully saturated rings. The summed E-state index contributed by atoms with van der Waals surface area (Å²) in [5.41, 5.74) is 5.24. The summed E-state index contributed by atoms with van der Waals surface area (Å²) in [6.45, 7) is 0.157. The second kappa shape index (κ2) is 12.3. The largest absolute Gasteiger partial charge is 0.472 e. The first-order valence-corrected chi connectivity index (χ1v) is 15.1. The van der Waals surface area contributed by atoms with E-state index < -0.39 is 13.9 Å². The number of hydrogen-bond acceptors (Lipinski definition) is 6. The molecule has 0 aromatic heterocycles. The van der Waals surface area contributed by atoms with E-state index in [2.05, 4.69) is 4.52 Å². The standard InChI is InChI=1S/C25H46NO6P/c26-12-14-31-33(28,29)32-17-19(16-27)30-13-6-4-2-1-3-5-7-18-8-9-22-23(15-18)25-21-11-10-20(21)24(22)25/h18-25,27H,1-17,26H2,(H,28,29)/t18?,19-,20?,21?,22?,23?,24?,25?/m1/s1. The van der Waals surface area contributed by atoms with Crippen LogP contribution >= 0.6 is 7.82 Å². The van der Waals surface area contributed by atoms with Crippen LogP contribution in [0.4, 0.5) is 0 Å². The van der Waals surface area contributed by atoms with Crippen LogP contribution in [0.3, 0.4) is 0 Å². The zero-order chi connectivity index (χ0) is 23.3. The van der Waals surface area contributed by atoms with Crippen molar-refractivity contribution in [2.45, 2.75) is 83.2 Å². The van der Waals surface area contributed by atoms with Crippen molar-refractivity contribution in [1.29, 1.82) is 0 Å². The highest BCUT2D eigenvalue weighted by atomic mass is 31.2. The van der Waals surface area contributed by atoms with Crippen LogP contribution in [0.25, 0.3) is 0 Å². The molecule has 8 unspecified atom stereocenters. The molecule has 4 rings (SSSR count). The molecule has 0 bridgehead atoms. The van der Waals surface area contributed by atoms with Gasteiger partial charge in [0.05, 0.1) is 19.8 Å². The first kappa shape index (κ1) is 26.1. The van der Waals surface area contributed by atoms with E-state index in [1.165, 1.54) is 56.8 Å². The molecule has 0 heterocycles. The van der Waals surface area contributed by atoms with Crippen LogP contribution in [0.15, 0.2) is 0 Å². The third-order valence-electron chi connectivity index (χ3n) is 9.23. The van der Waals surface area contributed by atoms with Crippen molar-refractivity contribution < 1.29 is 28.3 Å². The topological polar surface area (TPSA) is 111 Å². The van der Waals surface area contributed by atoms with E-state index in [4.69, 9.17) is 15.0 Å². The number of hydrogen-bond donors (Lipinski definition) is 3. The number of nitrogens with two attached hydrogens (primary N) is 1. The minimum atomic E-state index is -4.13. The molecule has 4 saturated carbocycles. The molecule has 9 atom stereocenters. The van der Waals surface area contributed by atoms with E-state index in [0.29, 0.717) is 6.61 Å². The summed E-state index contributed by atoms with van der Waals surface area (Å²) in [6, 6.07) is 0. The zero-order valence-electron chi connectivity index (χ0n) is 20.2. The van der Waals surface area contributed by atoms with Crippen molar-refractivity contribution in [2.24, 2.45) is 47.2 Å². The molecule has 0 radical (unpaired) electrons. The minimum Gasteiger partial charge on any atom is -0.394 e. The molecule has 4 N–H and O–H groups in total. The van der Waals surface area contributed by atoms with Gasteiger partial charge in [-0.25, -0.2) is 4.57 Å². The summed E-state index contributed by atoms with van der Waals surface area (Å²) in [7, 11) is -4.13. The molecule has 0 saturated heterocycles. The molecule has 33 heavy (non-hydrogen) atoms. The van der Waals surface area contributed by atoms with Crippen molar-refractivity contribution in [2.75, 3.05) is 33.0 Å². The molecule has 4 aliphatic rings. The Morgan fingerprint density at radius 3 is 2.18 bits per heavy atom. The van der Waals surface area contributed by atoms with Crippen molar-refractivity contribution >= 4 is 7.82 Å². The zero-order valence-corrected chi connectivity index (χ0v) is 21.1. The highest BCUT2D eigenvalue weighted by molar-refractivity contribution is 7.47. The fourth-order valence-electron chi connectivity index (χ4n) is 7.52. The molecule has 0 aliphatic heterocycles. The third-order valence-corrected chi connectivity index (χ3v) is 10.2. The number of phosphoric acid groups is 1. The SMILES string of the molecule is NCCOP(=O)(O)OC[C@@H](CO)OCCCCCCCCC1CCC2C(C1)C1C3CCC3C21. The monoisotopic (exact) mass is 487 g/mol. The van der Waals surface area contributed by atoms with Crippen LogP contribution in [-0.4, -0.2) is 49.1 Å². The lowest BCUT2D eigenvalue weighted by molar-refractivity contribution is -0.264. The van der Waals surface area contributed by atoms with Gasteiger partial charge in [-0.2, -0.15) is 0 Å². The molecule has 8 heteroatoms. The predicted molar refractivity (Wildman–Crippen MR) is 127 cm³/mol. The number of aliphatic hydroxyl groups is 1. The molecular weight excluding hydrogens is 441 g/mol. The normalized spacial score (nSPS) is 36.9. The first-order chi connectivity index (χ1) is 16.0. The molecule has 0 aromatic rings. The van der Waals surface area contributed by atoms with E-state index in [9.17, 15) is 14.6 Å². The molecule has 192 valence electrons. The van der Waals surface area contributed by atoms with Crippen LogP contribution in [0.2, 0.25) is 0 Å². The fraction of sp³-hybridized carbons (Fsp3) is 1.00. The van der Waals surface area contributed by atoms with Gasteiger partial charge in [0.15, 0.2) is 0 Å². The van der Waals surface area contributed by atoms with Crippen molar-refractivity contribution in [3.63, 3.8) is 0 Å². The molecule has 7 nitrogen and oxygen atoms in total. The Hall–Kier alpha value is -0.0100. The van der Waals surface area contributed by atoms with Gasteiger partial charge in [-0.1, -0.05) is 44.9 Å². The summed E-state index contributed by atoms with van der Waals surface area (Å²) in [4.78, 5) is 9.48. The van der Waals surface area contributed by atoms with Crippen LogP contribution in [0.5, 0.6) is 0 Å². The molecule has 0 spiro atoms. The average molecular weight is 488 g/mol. The summed E-state index contributed by atoms with van der Waals surface area (Å²) >= 11 is 0. The second-order valence-corrected chi connectivity index (χ2v) is 12.5. The summed E-state index contributed by atoms with van der Waals surface area (Å²) in [5, 5.41) is 9.36. The molecule has 4 aliphatic carbocycles. The predicted octanol–water partition coefficient (Wildman–Crippen LogP) is 4.51.